The number of ether oxygens (including phenoxy) is 3. The van der Waals surface area contributed by atoms with Crippen LogP contribution in [0.25, 0.3) is 0 Å². The van der Waals surface area contributed by atoms with E-state index in [2.05, 4.69) is 5.43 Å². The molecule has 1 rings (SSSR count). The van der Waals surface area contributed by atoms with Crippen LogP contribution in [0.3, 0.4) is 0 Å². The van der Waals surface area contributed by atoms with E-state index < -0.39 is 40.7 Å². The molecule has 1 fully saturated rings. The van der Waals surface area contributed by atoms with Crippen molar-refractivity contribution in [1.82, 2.24) is 10.4 Å². The van der Waals surface area contributed by atoms with Gasteiger partial charge in [0, 0.05) is 6.42 Å². The molecule has 0 unspecified atom stereocenters. The van der Waals surface area contributed by atoms with Crippen molar-refractivity contribution in [2.45, 2.75) is 84.5 Å². The summed E-state index contributed by atoms with van der Waals surface area (Å²) in [4.78, 5) is 50.4. The van der Waals surface area contributed by atoms with Crippen LogP contribution < -0.4 is 5.43 Å². The highest BCUT2D eigenvalue weighted by atomic mass is 16.6. The van der Waals surface area contributed by atoms with Crippen molar-refractivity contribution in [2.24, 2.45) is 0 Å². The molecule has 0 saturated heterocycles. The second-order valence-electron chi connectivity index (χ2n) is 8.29. The molecule has 1 aliphatic rings. The average molecular weight is 386 g/mol. The third-order valence-corrected chi connectivity index (χ3v) is 3.58. The van der Waals surface area contributed by atoms with E-state index in [-0.39, 0.29) is 19.4 Å². The Hall–Kier alpha value is -2.32. The lowest BCUT2D eigenvalue weighted by atomic mass is 9.95. The van der Waals surface area contributed by atoms with Crippen molar-refractivity contribution in [3.8, 4) is 0 Å². The van der Waals surface area contributed by atoms with Gasteiger partial charge in [0.1, 0.15) is 11.2 Å². The molecule has 9 heteroatoms. The van der Waals surface area contributed by atoms with Crippen LogP contribution in [0.2, 0.25) is 0 Å². The van der Waals surface area contributed by atoms with Gasteiger partial charge in [0.05, 0.1) is 6.61 Å². The summed E-state index contributed by atoms with van der Waals surface area (Å²) in [5.74, 6) is -1.43. The van der Waals surface area contributed by atoms with Gasteiger partial charge in [0.15, 0.2) is 5.78 Å². The van der Waals surface area contributed by atoms with Gasteiger partial charge < -0.3 is 14.2 Å². The van der Waals surface area contributed by atoms with Crippen molar-refractivity contribution in [3.05, 3.63) is 0 Å². The minimum absolute atomic E-state index is 0.0136. The summed E-state index contributed by atoms with van der Waals surface area (Å²) in [5, 5.41) is 0.625. The lowest BCUT2D eigenvalue weighted by Gasteiger charge is -2.38. The molecule has 0 aromatic heterocycles. The second kappa shape index (κ2) is 8.14. The Morgan fingerprint density at radius 1 is 1.07 bits per heavy atom. The van der Waals surface area contributed by atoms with Gasteiger partial charge in [-0.1, -0.05) is 0 Å². The van der Waals surface area contributed by atoms with Gasteiger partial charge in [0.2, 0.25) is 5.54 Å². The molecule has 0 heterocycles. The van der Waals surface area contributed by atoms with E-state index in [1.54, 1.807) is 48.5 Å². The topological polar surface area (TPSA) is 111 Å². The number of hydrogen-bond acceptors (Lipinski definition) is 7. The van der Waals surface area contributed by atoms with Crippen LogP contribution in [-0.4, -0.2) is 52.3 Å². The van der Waals surface area contributed by atoms with Gasteiger partial charge in [-0.3, -0.25) is 4.79 Å². The first-order valence-corrected chi connectivity index (χ1v) is 8.96. The van der Waals surface area contributed by atoms with Gasteiger partial charge in [0.25, 0.3) is 0 Å². The first-order chi connectivity index (χ1) is 12.2. The number of Topliss-reactive ketones (excluding diaryl/α,β-unsaturated/α-hetero) is 1. The van der Waals surface area contributed by atoms with Crippen LogP contribution >= 0.6 is 0 Å². The Bertz CT molecular complexity index is 604. The summed E-state index contributed by atoms with van der Waals surface area (Å²) in [6.07, 6.45) is -1.57. The Balaban J connectivity index is 3.31. The molecule has 9 nitrogen and oxygen atoms in total. The van der Waals surface area contributed by atoms with Crippen LogP contribution in [0.4, 0.5) is 9.59 Å². The molecule has 0 aromatic carbocycles. The molecule has 1 saturated carbocycles. The molecule has 1 aliphatic carbocycles. The first kappa shape index (κ1) is 22.7. The van der Waals surface area contributed by atoms with Crippen molar-refractivity contribution in [1.29, 1.82) is 0 Å². The summed E-state index contributed by atoms with van der Waals surface area (Å²) in [7, 11) is 0. The quantitative estimate of drug-likeness (QED) is 0.343. The highest BCUT2D eigenvalue weighted by molar-refractivity contribution is 6.12. The first-order valence-electron chi connectivity index (χ1n) is 8.96. The van der Waals surface area contributed by atoms with Gasteiger partial charge in [-0.2, -0.15) is 5.01 Å². The standard InChI is InChI=1S/C18H30N2O7/c1-8-25-13(22)18(11-9-10-12(18)21)20(15(24)27-17(5,6)7)19-14(23)26-16(2,3)4/h8-11H2,1-7H3,(H,19,23)/t18-/m1/s1. The smallest absolute Gasteiger partial charge is 0.430 e. The number of amides is 2. The number of nitrogens with one attached hydrogen (secondary N) is 1. The van der Waals surface area contributed by atoms with E-state index in [4.69, 9.17) is 14.2 Å². The van der Waals surface area contributed by atoms with Crippen LogP contribution in [-0.2, 0) is 23.8 Å². The summed E-state index contributed by atoms with van der Waals surface area (Å²) in [5.41, 5.74) is -1.51. The number of nitrogens with zero attached hydrogens (tertiary/aromatic N) is 1. The van der Waals surface area contributed by atoms with E-state index in [9.17, 15) is 19.2 Å². The largest absolute Gasteiger partial charge is 0.464 e. The molecule has 0 radical (unpaired) electrons. The summed E-state index contributed by atoms with van der Waals surface area (Å²) >= 11 is 0. The van der Waals surface area contributed by atoms with E-state index >= 15 is 0 Å². The van der Waals surface area contributed by atoms with Gasteiger partial charge in [-0.15, -0.1) is 0 Å². The highest BCUT2D eigenvalue weighted by Gasteiger charge is 2.58. The van der Waals surface area contributed by atoms with E-state index in [1.165, 1.54) is 0 Å². The average Bonchev–Trinajstić information content (AvgIpc) is 2.83. The normalized spacial score (nSPS) is 20.0. The molecular weight excluding hydrogens is 356 g/mol. The van der Waals surface area contributed by atoms with Crippen molar-refractivity contribution < 1.29 is 33.4 Å². The molecule has 0 aliphatic heterocycles. The van der Waals surface area contributed by atoms with Crippen molar-refractivity contribution in [3.63, 3.8) is 0 Å². The number of carbonyl (C=O) groups excluding carboxylic acids is 4. The van der Waals surface area contributed by atoms with Crippen LogP contribution in [0.1, 0.15) is 67.7 Å². The molecule has 0 aromatic rings. The van der Waals surface area contributed by atoms with Gasteiger partial charge >= 0.3 is 18.2 Å². The SMILES string of the molecule is CCOC(=O)[C@@]1(N(NC(=O)OC(C)(C)C)C(=O)OC(C)(C)C)CCCC1=O. The van der Waals surface area contributed by atoms with Crippen LogP contribution in [0, 0.1) is 0 Å². The zero-order valence-electron chi connectivity index (χ0n) is 17.1. The molecular formula is C18H30N2O7. The number of hydrogen-bond donors (Lipinski definition) is 1. The van der Waals surface area contributed by atoms with Crippen molar-refractivity contribution >= 4 is 23.9 Å². The Morgan fingerprint density at radius 2 is 1.63 bits per heavy atom. The number of hydrazine groups is 1. The molecule has 2 amide bonds. The Labute approximate surface area is 159 Å². The fourth-order valence-electron chi connectivity index (χ4n) is 2.64. The maximum atomic E-state index is 12.8. The maximum absolute atomic E-state index is 12.8. The van der Waals surface area contributed by atoms with Crippen LogP contribution in [0.15, 0.2) is 0 Å². The summed E-state index contributed by atoms with van der Waals surface area (Å²) < 4.78 is 15.5. The monoisotopic (exact) mass is 386 g/mol. The van der Waals surface area contributed by atoms with E-state index in [0.717, 1.165) is 0 Å². The minimum atomic E-state index is -1.98. The zero-order valence-corrected chi connectivity index (χ0v) is 17.1. The number of ketones is 1. The molecule has 154 valence electrons. The minimum Gasteiger partial charge on any atom is -0.464 e. The Kier molecular flexibility index (Phi) is 6.85. The highest BCUT2D eigenvalue weighted by Crippen LogP contribution is 2.34. The third kappa shape index (κ3) is 5.83. The van der Waals surface area contributed by atoms with E-state index in [1.807, 2.05) is 0 Å². The number of carbonyl (C=O) groups is 4. The Morgan fingerprint density at radius 3 is 2.04 bits per heavy atom. The second-order valence-corrected chi connectivity index (χ2v) is 8.29. The lowest BCUT2D eigenvalue weighted by molar-refractivity contribution is -0.163. The predicted molar refractivity (Wildman–Crippen MR) is 95.7 cm³/mol. The summed E-state index contributed by atoms with van der Waals surface area (Å²) in [6, 6.07) is 0. The maximum Gasteiger partial charge on any atom is 0.430 e. The molecule has 1 N–H and O–H groups in total. The molecule has 0 spiro atoms. The zero-order chi connectivity index (χ0) is 21.0. The number of rotatable bonds is 3. The van der Waals surface area contributed by atoms with Gasteiger partial charge in [-0.05, 0) is 61.3 Å². The lowest BCUT2D eigenvalue weighted by Crippen LogP contribution is -2.67. The number of esters is 1. The van der Waals surface area contributed by atoms with Gasteiger partial charge in [-0.25, -0.2) is 19.8 Å². The fourth-order valence-corrected chi connectivity index (χ4v) is 2.64. The van der Waals surface area contributed by atoms with Crippen LogP contribution in [0.5, 0.6) is 0 Å². The molecule has 27 heavy (non-hydrogen) atoms. The van der Waals surface area contributed by atoms with Crippen molar-refractivity contribution in [2.75, 3.05) is 6.61 Å². The predicted octanol–water partition coefficient (Wildman–Crippen LogP) is 2.72. The third-order valence-electron chi connectivity index (χ3n) is 3.58. The molecule has 1 atom stereocenters. The fraction of sp³-hybridized carbons (Fsp3) is 0.778. The van der Waals surface area contributed by atoms with E-state index in [0.29, 0.717) is 11.4 Å². The molecule has 0 bridgehead atoms. The summed E-state index contributed by atoms with van der Waals surface area (Å²) in [6.45, 7) is 11.4.